The number of ether oxygens (including phenoxy) is 2. The molecule has 24 heavy (non-hydrogen) atoms. The highest BCUT2D eigenvalue weighted by Gasteiger charge is 2.39. The van der Waals surface area contributed by atoms with Crippen LogP contribution in [0.1, 0.15) is 32.3 Å². The van der Waals surface area contributed by atoms with Crippen molar-refractivity contribution in [2.45, 2.75) is 39.3 Å². The summed E-state index contributed by atoms with van der Waals surface area (Å²) in [6.07, 6.45) is 1.71. The van der Waals surface area contributed by atoms with Gasteiger partial charge in [0.15, 0.2) is 0 Å². The Morgan fingerprint density at radius 2 is 1.96 bits per heavy atom. The number of methoxy groups -OCH3 is 1. The van der Waals surface area contributed by atoms with Crippen LogP contribution in [0, 0.1) is 5.41 Å². The van der Waals surface area contributed by atoms with Gasteiger partial charge in [0.2, 0.25) is 5.91 Å². The lowest BCUT2D eigenvalue weighted by molar-refractivity contribution is -0.136. The third kappa shape index (κ3) is 5.36. The van der Waals surface area contributed by atoms with Crippen LogP contribution in [0.5, 0.6) is 5.75 Å². The molecule has 0 spiro atoms. The van der Waals surface area contributed by atoms with Gasteiger partial charge in [-0.1, -0.05) is 18.2 Å². The predicted molar refractivity (Wildman–Crippen MR) is 97.7 cm³/mol. The molecule has 1 amide bonds. The maximum absolute atomic E-state index is 12.8. The molecule has 0 atom stereocenters. The van der Waals surface area contributed by atoms with Crippen LogP contribution >= 0.6 is 12.4 Å². The number of carbonyl (C=O) groups excluding carboxylic acids is 1. The lowest BCUT2D eigenvalue weighted by atomic mass is 9.78. The number of rotatable bonds is 7. The van der Waals surface area contributed by atoms with Gasteiger partial charge in [-0.05, 0) is 45.8 Å². The molecule has 1 fully saturated rings. The van der Waals surface area contributed by atoms with Crippen molar-refractivity contribution < 1.29 is 14.3 Å². The number of nitrogens with one attached hydrogen (secondary N) is 2. The van der Waals surface area contributed by atoms with Gasteiger partial charge in [0.25, 0.3) is 0 Å². The van der Waals surface area contributed by atoms with E-state index in [9.17, 15) is 4.79 Å². The average molecular weight is 357 g/mol. The van der Waals surface area contributed by atoms with E-state index in [1.807, 2.05) is 38.1 Å². The molecule has 0 radical (unpaired) electrons. The number of halogens is 1. The SMILES string of the molecule is COCC1(C(=O)NCc2ccccc2OC(C)C)CCNCC1.Cl. The predicted octanol–water partition coefficient (Wildman–Crippen LogP) is 2.53. The van der Waals surface area contributed by atoms with Crippen LogP contribution in [0.3, 0.4) is 0 Å². The minimum atomic E-state index is -0.423. The third-order valence-corrected chi connectivity index (χ3v) is 4.24. The van der Waals surface area contributed by atoms with Crippen LogP contribution < -0.4 is 15.4 Å². The van der Waals surface area contributed by atoms with E-state index in [1.165, 1.54) is 0 Å². The molecule has 0 aliphatic carbocycles. The molecule has 5 nitrogen and oxygen atoms in total. The highest BCUT2D eigenvalue weighted by atomic mass is 35.5. The van der Waals surface area contributed by atoms with Gasteiger partial charge in [-0.25, -0.2) is 0 Å². The molecular formula is C18H29ClN2O3. The first-order chi connectivity index (χ1) is 11.1. The molecule has 1 saturated heterocycles. The fraction of sp³-hybridized carbons (Fsp3) is 0.611. The van der Waals surface area contributed by atoms with Crippen molar-refractivity contribution >= 4 is 18.3 Å². The number of hydrogen-bond donors (Lipinski definition) is 2. The lowest BCUT2D eigenvalue weighted by Crippen LogP contribution is -2.50. The number of amides is 1. The summed E-state index contributed by atoms with van der Waals surface area (Å²) in [7, 11) is 1.66. The van der Waals surface area contributed by atoms with Crippen LogP contribution in [0.15, 0.2) is 24.3 Å². The smallest absolute Gasteiger partial charge is 0.228 e. The Labute approximate surface area is 150 Å². The Morgan fingerprint density at radius 1 is 1.29 bits per heavy atom. The summed E-state index contributed by atoms with van der Waals surface area (Å²) in [5, 5.41) is 6.38. The Morgan fingerprint density at radius 3 is 2.58 bits per heavy atom. The summed E-state index contributed by atoms with van der Waals surface area (Å²) in [5.41, 5.74) is 0.574. The van der Waals surface area contributed by atoms with Crippen LogP contribution in [-0.4, -0.2) is 38.8 Å². The largest absolute Gasteiger partial charge is 0.491 e. The zero-order chi connectivity index (χ0) is 16.7. The second-order valence-electron chi connectivity index (χ2n) is 6.42. The summed E-state index contributed by atoms with van der Waals surface area (Å²) in [6, 6.07) is 7.84. The standard InChI is InChI=1S/C18H28N2O3.ClH/c1-14(2)23-16-7-5-4-6-15(16)12-20-17(21)18(13-22-3)8-10-19-11-9-18;/h4-7,14,19H,8-13H2,1-3H3,(H,20,21);1H. The highest BCUT2D eigenvalue weighted by molar-refractivity contribution is 5.85. The summed E-state index contributed by atoms with van der Waals surface area (Å²) < 4.78 is 11.1. The molecular weight excluding hydrogens is 328 g/mol. The van der Waals surface area contributed by atoms with Crippen molar-refractivity contribution in [2.24, 2.45) is 5.41 Å². The Hall–Kier alpha value is -1.30. The molecule has 2 N–H and O–H groups in total. The fourth-order valence-electron chi connectivity index (χ4n) is 3.00. The van der Waals surface area contributed by atoms with E-state index in [2.05, 4.69) is 10.6 Å². The maximum atomic E-state index is 12.8. The molecule has 136 valence electrons. The minimum Gasteiger partial charge on any atom is -0.491 e. The molecule has 1 heterocycles. The van der Waals surface area contributed by atoms with Gasteiger partial charge in [-0.2, -0.15) is 0 Å². The molecule has 0 aromatic heterocycles. The number of carbonyl (C=O) groups is 1. The van der Waals surface area contributed by atoms with Gasteiger partial charge in [0, 0.05) is 19.2 Å². The number of benzene rings is 1. The zero-order valence-corrected chi connectivity index (χ0v) is 15.6. The molecule has 2 rings (SSSR count). The van der Waals surface area contributed by atoms with Crippen molar-refractivity contribution in [3.63, 3.8) is 0 Å². The topological polar surface area (TPSA) is 59.6 Å². The second-order valence-corrected chi connectivity index (χ2v) is 6.42. The van der Waals surface area contributed by atoms with Gasteiger partial charge in [-0.3, -0.25) is 4.79 Å². The maximum Gasteiger partial charge on any atom is 0.228 e. The first-order valence-electron chi connectivity index (χ1n) is 8.30. The van der Waals surface area contributed by atoms with E-state index in [-0.39, 0.29) is 24.4 Å². The summed E-state index contributed by atoms with van der Waals surface area (Å²) in [5.74, 6) is 0.897. The lowest BCUT2D eigenvalue weighted by Gasteiger charge is -2.35. The van der Waals surface area contributed by atoms with Gasteiger partial charge in [0.05, 0.1) is 18.1 Å². The molecule has 1 aromatic carbocycles. The van der Waals surface area contributed by atoms with Crippen molar-refractivity contribution in [3.8, 4) is 5.75 Å². The number of para-hydroxylation sites is 1. The first kappa shape index (κ1) is 20.7. The molecule has 1 aromatic rings. The van der Waals surface area contributed by atoms with E-state index in [0.717, 1.165) is 37.2 Å². The van der Waals surface area contributed by atoms with Gasteiger partial charge in [0.1, 0.15) is 5.75 Å². The fourth-order valence-corrected chi connectivity index (χ4v) is 3.00. The van der Waals surface area contributed by atoms with E-state index >= 15 is 0 Å². The van der Waals surface area contributed by atoms with Crippen LogP contribution in [0.2, 0.25) is 0 Å². The number of hydrogen-bond acceptors (Lipinski definition) is 4. The summed E-state index contributed by atoms with van der Waals surface area (Å²) in [6.45, 7) is 6.63. The summed E-state index contributed by atoms with van der Waals surface area (Å²) >= 11 is 0. The Bertz CT molecular complexity index is 511. The molecule has 1 aliphatic rings. The quantitative estimate of drug-likeness (QED) is 0.788. The van der Waals surface area contributed by atoms with E-state index < -0.39 is 5.41 Å². The van der Waals surface area contributed by atoms with E-state index in [0.29, 0.717) is 13.2 Å². The van der Waals surface area contributed by atoms with Crippen molar-refractivity contribution in [2.75, 3.05) is 26.8 Å². The van der Waals surface area contributed by atoms with Gasteiger partial charge >= 0.3 is 0 Å². The van der Waals surface area contributed by atoms with Crippen LogP contribution in [0.4, 0.5) is 0 Å². The van der Waals surface area contributed by atoms with E-state index in [4.69, 9.17) is 9.47 Å². The molecule has 0 bridgehead atoms. The van der Waals surface area contributed by atoms with E-state index in [1.54, 1.807) is 7.11 Å². The molecule has 0 saturated carbocycles. The minimum absolute atomic E-state index is 0. The third-order valence-electron chi connectivity index (χ3n) is 4.24. The van der Waals surface area contributed by atoms with Crippen molar-refractivity contribution in [1.82, 2.24) is 10.6 Å². The van der Waals surface area contributed by atoms with Gasteiger partial charge < -0.3 is 20.1 Å². The monoisotopic (exact) mass is 356 g/mol. The summed E-state index contributed by atoms with van der Waals surface area (Å²) in [4.78, 5) is 12.8. The molecule has 1 aliphatic heterocycles. The first-order valence-corrected chi connectivity index (χ1v) is 8.30. The van der Waals surface area contributed by atoms with Crippen molar-refractivity contribution in [1.29, 1.82) is 0 Å². The Balaban J connectivity index is 0.00000288. The van der Waals surface area contributed by atoms with Crippen LogP contribution in [-0.2, 0) is 16.1 Å². The van der Waals surface area contributed by atoms with Crippen LogP contribution in [0.25, 0.3) is 0 Å². The molecule has 6 heteroatoms. The average Bonchev–Trinajstić information content (AvgIpc) is 2.54. The normalized spacial score (nSPS) is 16.3. The van der Waals surface area contributed by atoms with Gasteiger partial charge in [-0.15, -0.1) is 12.4 Å². The highest BCUT2D eigenvalue weighted by Crippen LogP contribution is 2.30. The Kier molecular flexibility index (Phi) is 8.53. The second kappa shape index (κ2) is 9.87. The van der Waals surface area contributed by atoms with Crippen molar-refractivity contribution in [3.05, 3.63) is 29.8 Å². The zero-order valence-electron chi connectivity index (χ0n) is 14.8. The molecule has 0 unspecified atom stereocenters. The number of piperidine rings is 1.